The first kappa shape index (κ1) is 9.91. The fourth-order valence-electron chi connectivity index (χ4n) is 1.47. The molecular formula is C10H15NO2. The number of nitrogens with zero attached hydrogens (tertiary/aromatic N) is 1. The van der Waals surface area contributed by atoms with Crippen LogP contribution in [0.2, 0.25) is 0 Å². The van der Waals surface area contributed by atoms with Gasteiger partial charge in [0.15, 0.2) is 6.10 Å². The molecule has 3 nitrogen and oxygen atoms in total. The van der Waals surface area contributed by atoms with E-state index in [4.69, 9.17) is 11.2 Å². The molecule has 1 atom stereocenters. The topological polar surface area (TPSA) is 29.5 Å². The van der Waals surface area contributed by atoms with E-state index in [9.17, 15) is 4.79 Å². The van der Waals surface area contributed by atoms with Crippen molar-refractivity contribution < 1.29 is 9.53 Å². The Labute approximate surface area is 79.1 Å². The average molecular weight is 181 g/mol. The van der Waals surface area contributed by atoms with E-state index in [0.29, 0.717) is 13.1 Å². The Morgan fingerprint density at radius 1 is 1.77 bits per heavy atom. The van der Waals surface area contributed by atoms with Crippen LogP contribution in [0.1, 0.15) is 20.8 Å². The Balaban J connectivity index is 2.80. The maximum atomic E-state index is 11.3. The van der Waals surface area contributed by atoms with Crippen molar-refractivity contribution in [1.29, 1.82) is 0 Å². The second kappa shape index (κ2) is 3.29. The van der Waals surface area contributed by atoms with Crippen LogP contribution >= 0.6 is 0 Å². The van der Waals surface area contributed by atoms with Crippen LogP contribution in [0.5, 0.6) is 0 Å². The van der Waals surface area contributed by atoms with E-state index in [1.807, 2.05) is 20.8 Å². The molecular weight excluding hydrogens is 166 g/mol. The lowest BCUT2D eigenvalue weighted by molar-refractivity contribution is -0.0210. The summed E-state index contributed by atoms with van der Waals surface area (Å²) in [6, 6.07) is 0. The zero-order valence-corrected chi connectivity index (χ0v) is 8.33. The molecule has 0 aromatic rings. The van der Waals surface area contributed by atoms with Crippen molar-refractivity contribution in [1.82, 2.24) is 4.90 Å². The molecule has 0 bridgehead atoms. The first-order chi connectivity index (χ1) is 6.01. The SMILES string of the molecule is C#CC1OC(=O)N(CC)CC1(C)C. The molecule has 1 heterocycles. The van der Waals surface area contributed by atoms with Crippen molar-refractivity contribution >= 4 is 6.09 Å². The van der Waals surface area contributed by atoms with Crippen LogP contribution in [0.4, 0.5) is 4.79 Å². The van der Waals surface area contributed by atoms with Crippen molar-refractivity contribution in [3.63, 3.8) is 0 Å². The summed E-state index contributed by atoms with van der Waals surface area (Å²) in [6.45, 7) is 7.27. The molecule has 1 aliphatic rings. The van der Waals surface area contributed by atoms with Gasteiger partial charge >= 0.3 is 6.09 Å². The molecule has 1 aliphatic heterocycles. The minimum atomic E-state index is -0.400. The van der Waals surface area contributed by atoms with Gasteiger partial charge in [0, 0.05) is 18.5 Å². The van der Waals surface area contributed by atoms with E-state index in [0.717, 1.165) is 0 Å². The first-order valence-electron chi connectivity index (χ1n) is 4.43. The van der Waals surface area contributed by atoms with Gasteiger partial charge in [-0.15, -0.1) is 6.42 Å². The highest BCUT2D eigenvalue weighted by molar-refractivity contribution is 5.69. The second-order valence-electron chi connectivity index (χ2n) is 3.93. The largest absolute Gasteiger partial charge is 0.432 e. The molecule has 0 N–H and O–H groups in total. The standard InChI is InChI=1S/C10H15NO2/c1-5-8-10(3,4)7-11(6-2)9(12)13-8/h1,8H,6-7H2,2-4H3. The number of amides is 1. The van der Waals surface area contributed by atoms with E-state index in [1.165, 1.54) is 0 Å². The van der Waals surface area contributed by atoms with Gasteiger partial charge in [-0.05, 0) is 6.92 Å². The van der Waals surface area contributed by atoms with Crippen molar-refractivity contribution in [2.24, 2.45) is 5.41 Å². The molecule has 0 spiro atoms. The number of ether oxygens (including phenoxy) is 1. The Bertz CT molecular complexity index is 252. The van der Waals surface area contributed by atoms with Gasteiger partial charge < -0.3 is 9.64 Å². The lowest BCUT2D eigenvalue weighted by atomic mass is 9.85. The number of hydrogen-bond donors (Lipinski definition) is 0. The van der Waals surface area contributed by atoms with Crippen LogP contribution in [0.15, 0.2) is 0 Å². The highest BCUT2D eigenvalue weighted by atomic mass is 16.6. The monoisotopic (exact) mass is 181 g/mol. The Hall–Kier alpha value is -1.17. The minimum Gasteiger partial charge on any atom is -0.432 e. The first-order valence-corrected chi connectivity index (χ1v) is 4.43. The van der Waals surface area contributed by atoms with Gasteiger partial charge in [-0.25, -0.2) is 4.79 Å². The van der Waals surface area contributed by atoms with Crippen molar-refractivity contribution in [2.45, 2.75) is 26.9 Å². The van der Waals surface area contributed by atoms with Gasteiger partial charge in [-0.1, -0.05) is 19.8 Å². The summed E-state index contributed by atoms with van der Waals surface area (Å²) in [5.74, 6) is 2.50. The summed E-state index contributed by atoms with van der Waals surface area (Å²) in [6.07, 6.45) is 4.58. The molecule has 1 rings (SSSR count). The molecule has 1 unspecified atom stereocenters. The Morgan fingerprint density at radius 2 is 2.38 bits per heavy atom. The number of hydrogen-bond acceptors (Lipinski definition) is 2. The number of rotatable bonds is 1. The second-order valence-corrected chi connectivity index (χ2v) is 3.93. The minimum absolute atomic E-state index is 0.154. The number of carbonyl (C=O) groups is 1. The summed E-state index contributed by atoms with van der Waals surface area (Å²) in [4.78, 5) is 13.0. The molecule has 1 amide bonds. The summed E-state index contributed by atoms with van der Waals surface area (Å²) < 4.78 is 5.11. The van der Waals surface area contributed by atoms with E-state index in [1.54, 1.807) is 4.90 Å². The van der Waals surface area contributed by atoms with E-state index in [-0.39, 0.29) is 11.5 Å². The Morgan fingerprint density at radius 3 is 2.85 bits per heavy atom. The zero-order valence-electron chi connectivity index (χ0n) is 8.33. The highest BCUT2D eigenvalue weighted by Gasteiger charge is 2.39. The molecule has 0 aromatic carbocycles. The number of cyclic esters (lactones) is 1. The van der Waals surface area contributed by atoms with Gasteiger partial charge in [0.2, 0.25) is 0 Å². The van der Waals surface area contributed by atoms with Gasteiger partial charge in [-0.2, -0.15) is 0 Å². The summed E-state index contributed by atoms with van der Waals surface area (Å²) in [5, 5.41) is 0. The lowest BCUT2D eigenvalue weighted by Crippen LogP contribution is -2.52. The van der Waals surface area contributed by atoms with E-state index < -0.39 is 6.10 Å². The van der Waals surface area contributed by atoms with E-state index >= 15 is 0 Å². The quantitative estimate of drug-likeness (QED) is 0.573. The normalized spacial score (nSPS) is 26.5. The summed E-state index contributed by atoms with van der Waals surface area (Å²) >= 11 is 0. The van der Waals surface area contributed by atoms with Crippen LogP contribution in [0, 0.1) is 17.8 Å². The van der Waals surface area contributed by atoms with Crippen molar-refractivity contribution in [3.8, 4) is 12.3 Å². The van der Waals surface area contributed by atoms with Crippen LogP contribution in [0.25, 0.3) is 0 Å². The molecule has 0 saturated carbocycles. The fraction of sp³-hybridized carbons (Fsp3) is 0.700. The molecule has 72 valence electrons. The predicted molar refractivity (Wildman–Crippen MR) is 50.1 cm³/mol. The highest BCUT2D eigenvalue weighted by Crippen LogP contribution is 2.29. The number of terminal acetylenes is 1. The molecule has 1 fully saturated rings. The zero-order chi connectivity index (χ0) is 10.1. The van der Waals surface area contributed by atoms with Crippen LogP contribution < -0.4 is 0 Å². The van der Waals surface area contributed by atoms with Crippen molar-refractivity contribution in [3.05, 3.63) is 0 Å². The molecule has 3 heteroatoms. The third-order valence-corrected chi connectivity index (χ3v) is 2.32. The van der Waals surface area contributed by atoms with Crippen LogP contribution in [0.3, 0.4) is 0 Å². The fourth-order valence-corrected chi connectivity index (χ4v) is 1.47. The molecule has 0 radical (unpaired) electrons. The number of carbonyl (C=O) groups excluding carboxylic acids is 1. The molecule has 0 aromatic heterocycles. The van der Waals surface area contributed by atoms with Gasteiger partial charge in [0.05, 0.1) is 0 Å². The van der Waals surface area contributed by atoms with Crippen LogP contribution in [-0.2, 0) is 4.74 Å². The van der Waals surface area contributed by atoms with Gasteiger partial charge in [0.1, 0.15) is 0 Å². The molecule has 0 aliphatic carbocycles. The van der Waals surface area contributed by atoms with Crippen molar-refractivity contribution in [2.75, 3.05) is 13.1 Å². The smallest absolute Gasteiger partial charge is 0.411 e. The Kier molecular flexibility index (Phi) is 2.51. The maximum absolute atomic E-state index is 11.3. The third-order valence-electron chi connectivity index (χ3n) is 2.32. The lowest BCUT2D eigenvalue weighted by Gasteiger charge is -2.40. The average Bonchev–Trinajstić information content (AvgIpc) is 2.08. The maximum Gasteiger partial charge on any atom is 0.411 e. The predicted octanol–water partition coefficient (Wildman–Crippen LogP) is 1.49. The molecule has 1 saturated heterocycles. The molecule has 13 heavy (non-hydrogen) atoms. The third kappa shape index (κ3) is 1.77. The van der Waals surface area contributed by atoms with Gasteiger partial charge in [-0.3, -0.25) is 0 Å². The summed E-state index contributed by atoms with van der Waals surface area (Å²) in [5.41, 5.74) is -0.154. The summed E-state index contributed by atoms with van der Waals surface area (Å²) in [7, 11) is 0. The van der Waals surface area contributed by atoms with Crippen LogP contribution in [-0.4, -0.2) is 30.2 Å². The van der Waals surface area contributed by atoms with E-state index in [2.05, 4.69) is 5.92 Å². The van der Waals surface area contributed by atoms with Gasteiger partial charge in [0.25, 0.3) is 0 Å².